The van der Waals surface area contributed by atoms with Gasteiger partial charge in [0.1, 0.15) is 20.4 Å². The molecule has 3 aromatic carbocycles. The van der Waals surface area contributed by atoms with Gasteiger partial charge in [0, 0.05) is 11.1 Å². The molecule has 2 aromatic heterocycles. The zero-order valence-electron chi connectivity index (χ0n) is 14.2. The van der Waals surface area contributed by atoms with E-state index in [1.165, 1.54) is 17.4 Å². The third-order valence-corrected chi connectivity index (χ3v) is 7.35. The lowest BCUT2D eigenvalue weighted by molar-refractivity contribution is 0.484. The van der Waals surface area contributed by atoms with Crippen LogP contribution in [0.15, 0.2) is 71.6 Å². The molecule has 0 aliphatic rings. The fraction of sp³-hybridized carbons (Fsp3) is 0. The molecule has 0 saturated heterocycles. The van der Waals surface area contributed by atoms with Gasteiger partial charge in [-0.25, -0.2) is 9.97 Å². The third kappa shape index (κ3) is 2.91. The second kappa shape index (κ2) is 6.46. The van der Waals surface area contributed by atoms with Gasteiger partial charge in [-0.15, -0.1) is 22.7 Å². The Kier molecular flexibility index (Phi) is 4.02. The quantitative estimate of drug-likeness (QED) is 0.388. The van der Waals surface area contributed by atoms with Crippen LogP contribution in [0.3, 0.4) is 0 Å². The van der Waals surface area contributed by atoms with Gasteiger partial charge in [-0.1, -0.05) is 42.5 Å². The molecule has 0 atom stereocenters. The summed E-state index contributed by atoms with van der Waals surface area (Å²) in [6.07, 6.45) is 0. The third-order valence-electron chi connectivity index (χ3n) is 4.34. The first kappa shape index (κ1) is 17.4. The molecule has 0 spiro atoms. The molecule has 5 aromatic rings. The molecule has 8 heteroatoms. The lowest BCUT2D eigenvalue weighted by Crippen LogP contribution is -1.98. The van der Waals surface area contributed by atoms with E-state index in [0.29, 0.717) is 9.71 Å². The highest BCUT2D eigenvalue weighted by molar-refractivity contribution is 7.86. The van der Waals surface area contributed by atoms with E-state index in [-0.39, 0.29) is 10.4 Å². The molecule has 5 nitrogen and oxygen atoms in total. The number of thiazole rings is 2. The normalized spacial score (nSPS) is 12.0. The van der Waals surface area contributed by atoms with E-state index >= 15 is 0 Å². The molecular formula is C20H12N2O3S3. The second-order valence-electron chi connectivity index (χ2n) is 6.13. The van der Waals surface area contributed by atoms with Crippen molar-refractivity contribution in [1.29, 1.82) is 0 Å². The highest BCUT2D eigenvalue weighted by Crippen LogP contribution is 2.40. The Hall–Kier alpha value is -2.65. The van der Waals surface area contributed by atoms with Gasteiger partial charge in [0.15, 0.2) is 0 Å². The Labute approximate surface area is 168 Å². The summed E-state index contributed by atoms with van der Waals surface area (Å²) in [6, 6.07) is 20.5. The van der Waals surface area contributed by atoms with E-state index in [9.17, 15) is 13.0 Å². The van der Waals surface area contributed by atoms with Gasteiger partial charge in [0.25, 0.3) is 10.1 Å². The summed E-state index contributed by atoms with van der Waals surface area (Å²) in [5.74, 6) is 0. The molecule has 0 radical (unpaired) electrons. The zero-order valence-corrected chi connectivity index (χ0v) is 16.7. The molecule has 28 heavy (non-hydrogen) atoms. The summed E-state index contributed by atoms with van der Waals surface area (Å²) in [5.41, 5.74) is 3.04. The predicted octanol–water partition coefficient (Wildman–Crippen LogP) is 5.49. The average Bonchev–Trinajstić information content (AvgIpc) is 3.30. The summed E-state index contributed by atoms with van der Waals surface area (Å²) in [4.78, 5) is 9.11. The SMILES string of the molecule is O=S(=O)(O)c1cccc2sc(-c3ccccc3-c3nc4ccccc4s3)nc12. The molecular weight excluding hydrogens is 412 g/mol. The van der Waals surface area contributed by atoms with Crippen LogP contribution in [0.1, 0.15) is 0 Å². The maximum absolute atomic E-state index is 11.7. The standard InChI is InChI=1S/C20H12N2O3S3/c23-28(24,25)17-11-5-10-16-18(17)22-20(27-16)13-7-2-1-6-12(13)19-21-14-8-3-4-9-15(14)26-19/h1-11H,(H,23,24,25). The van der Waals surface area contributed by atoms with Crippen LogP contribution in [-0.2, 0) is 10.1 Å². The Bertz CT molecular complexity index is 1420. The fourth-order valence-electron chi connectivity index (χ4n) is 3.09. The van der Waals surface area contributed by atoms with E-state index < -0.39 is 10.1 Å². The second-order valence-corrected chi connectivity index (χ2v) is 9.58. The van der Waals surface area contributed by atoms with Crippen LogP contribution in [0.25, 0.3) is 41.6 Å². The van der Waals surface area contributed by atoms with E-state index in [1.807, 2.05) is 48.5 Å². The molecule has 1 N–H and O–H groups in total. The summed E-state index contributed by atoms with van der Waals surface area (Å²) in [5, 5.41) is 1.56. The monoisotopic (exact) mass is 424 g/mol. The highest BCUT2D eigenvalue weighted by atomic mass is 32.2. The molecule has 5 rings (SSSR count). The molecule has 0 aliphatic carbocycles. The highest BCUT2D eigenvalue weighted by Gasteiger charge is 2.20. The smallest absolute Gasteiger partial charge is 0.282 e. The number of aromatic nitrogens is 2. The number of nitrogens with zero attached hydrogens (tertiary/aromatic N) is 2. The van der Waals surface area contributed by atoms with Crippen molar-refractivity contribution >= 4 is 53.2 Å². The maximum atomic E-state index is 11.7. The van der Waals surface area contributed by atoms with Crippen molar-refractivity contribution in [2.45, 2.75) is 4.90 Å². The van der Waals surface area contributed by atoms with Crippen LogP contribution >= 0.6 is 22.7 Å². The van der Waals surface area contributed by atoms with Crippen LogP contribution in [0, 0.1) is 0 Å². The van der Waals surface area contributed by atoms with Crippen molar-refractivity contribution < 1.29 is 13.0 Å². The van der Waals surface area contributed by atoms with Gasteiger partial charge in [-0.3, -0.25) is 4.55 Å². The molecule has 0 fully saturated rings. The van der Waals surface area contributed by atoms with Gasteiger partial charge in [-0.05, 0) is 24.3 Å². The number of hydrogen-bond acceptors (Lipinski definition) is 6. The van der Waals surface area contributed by atoms with Crippen molar-refractivity contribution in [2.24, 2.45) is 0 Å². The van der Waals surface area contributed by atoms with E-state index in [2.05, 4.69) is 4.98 Å². The van der Waals surface area contributed by atoms with Crippen LogP contribution in [0.5, 0.6) is 0 Å². The fourth-order valence-corrected chi connectivity index (χ4v) is 5.84. The molecule has 0 bridgehead atoms. The lowest BCUT2D eigenvalue weighted by Gasteiger charge is -2.03. The van der Waals surface area contributed by atoms with Crippen LogP contribution in [0.4, 0.5) is 0 Å². The molecule has 0 saturated carbocycles. The van der Waals surface area contributed by atoms with Gasteiger partial charge in [0.2, 0.25) is 0 Å². The van der Waals surface area contributed by atoms with Crippen LogP contribution in [0.2, 0.25) is 0 Å². The van der Waals surface area contributed by atoms with Crippen LogP contribution < -0.4 is 0 Å². The van der Waals surface area contributed by atoms with E-state index in [4.69, 9.17) is 4.98 Å². The number of para-hydroxylation sites is 2. The molecule has 138 valence electrons. The molecule has 0 unspecified atom stereocenters. The van der Waals surface area contributed by atoms with Crippen molar-refractivity contribution in [3.63, 3.8) is 0 Å². The minimum atomic E-state index is -4.34. The van der Waals surface area contributed by atoms with Gasteiger partial charge in [0.05, 0.1) is 14.9 Å². The minimum Gasteiger partial charge on any atom is -0.282 e. The van der Waals surface area contributed by atoms with Crippen molar-refractivity contribution in [3.8, 4) is 21.1 Å². The molecule has 0 amide bonds. The Balaban J connectivity index is 1.73. The first-order chi connectivity index (χ1) is 13.5. The summed E-state index contributed by atoms with van der Waals surface area (Å²) in [7, 11) is -4.34. The molecule has 2 heterocycles. The Morgan fingerprint density at radius 1 is 0.714 bits per heavy atom. The van der Waals surface area contributed by atoms with E-state index in [1.54, 1.807) is 23.5 Å². The van der Waals surface area contributed by atoms with Gasteiger partial charge < -0.3 is 0 Å². The van der Waals surface area contributed by atoms with Gasteiger partial charge in [-0.2, -0.15) is 8.42 Å². The predicted molar refractivity (Wildman–Crippen MR) is 113 cm³/mol. The van der Waals surface area contributed by atoms with Crippen molar-refractivity contribution in [3.05, 3.63) is 66.7 Å². The topological polar surface area (TPSA) is 80.2 Å². The Morgan fingerprint density at radius 3 is 2.04 bits per heavy atom. The summed E-state index contributed by atoms with van der Waals surface area (Å²) >= 11 is 2.99. The van der Waals surface area contributed by atoms with Crippen molar-refractivity contribution in [2.75, 3.05) is 0 Å². The van der Waals surface area contributed by atoms with E-state index in [0.717, 1.165) is 26.4 Å². The summed E-state index contributed by atoms with van der Waals surface area (Å²) < 4.78 is 34.7. The number of fused-ring (bicyclic) bond motifs is 2. The van der Waals surface area contributed by atoms with Crippen LogP contribution in [-0.4, -0.2) is 22.9 Å². The molecule has 0 aliphatic heterocycles. The number of hydrogen-bond donors (Lipinski definition) is 1. The van der Waals surface area contributed by atoms with Gasteiger partial charge >= 0.3 is 0 Å². The minimum absolute atomic E-state index is 0.176. The zero-order chi connectivity index (χ0) is 19.3. The Morgan fingerprint density at radius 2 is 1.32 bits per heavy atom. The largest absolute Gasteiger partial charge is 0.296 e. The average molecular weight is 425 g/mol. The first-order valence-corrected chi connectivity index (χ1v) is 11.4. The van der Waals surface area contributed by atoms with Crippen molar-refractivity contribution in [1.82, 2.24) is 9.97 Å². The maximum Gasteiger partial charge on any atom is 0.296 e. The summed E-state index contributed by atoms with van der Waals surface area (Å²) in [6.45, 7) is 0. The lowest BCUT2D eigenvalue weighted by atomic mass is 10.1. The number of rotatable bonds is 3. The first-order valence-electron chi connectivity index (χ1n) is 8.33. The number of benzene rings is 3.